The first kappa shape index (κ1) is 12.6. The normalized spacial score (nSPS) is 19.5. The van der Waals surface area contributed by atoms with Crippen LogP contribution in [-0.4, -0.2) is 38.1 Å². The zero-order chi connectivity index (χ0) is 12.1. The van der Waals surface area contributed by atoms with E-state index in [0.29, 0.717) is 25.7 Å². The number of methoxy groups -OCH3 is 1. The molecule has 0 spiro atoms. The van der Waals surface area contributed by atoms with E-state index in [1.54, 1.807) is 7.11 Å². The molecule has 1 N–H and O–H groups in total. The molecule has 0 heterocycles. The topological polar surface area (TPSA) is 38.7 Å². The molecule has 3 heteroatoms. The monoisotopic (exact) mass is 236 g/mol. The third kappa shape index (κ3) is 3.28. The summed E-state index contributed by atoms with van der Waals surface area (Å²) in [5.74, 6) is 0.507. The maximum Gasteiger partial charge on any atom is 0.0779 e. The maximum absolute atomic E-state index is 9.84. The Morgan fingerprint density at radius 2 is 2.18 bits per heavy atom. The van der Waals surface area contributed by atoms with E-state index in [0.717, 1.165) is 12.8 Å². The van der Waals surface area contributed by atoms with Crippen molar-refractivity contribution in [1.82, 2.24) is 0 Å². The zero-order valence-electron chi connectivity index (χ0n) is 10.3. The van der Waals surface area contributed by atoms with E-state index < -0.39 is 0 Å². The molecule has 2 unspecified atom stereocenters. The molecule has 0 amide bonds. The van der Waals surface area contributed by atoms with Gasteiger partial charge in [-0.05, 0) is 29.9 Å². The summed E-state index contributed by atoms with van der Waals surface area (Å²) in [7, 11) is 1.64. The van der Waals surface area contributed by atoms with Gasteiger partial charge in [0.2, 0.25) is 0 Å². The molecule has 0 aliphatic heterocycles. The van der Waals surface area contributed by atoms with Gasteiger partial charge in [0.1, 0.15) is 0 Å². The summed E-state index contributed by atoms with van der Waals surface area (Å²) in [4.78, 5) is 0. The van der Waals surface area contributed by atoms with E-state index in [-0.39, 0.29) is 6.10 Å². The summed E-state index contributed by atoms with van der Waals surface area (Å²) in [6.07, 6.45) is 1.51. The SMILES string of the molecule is COCCOCC(O)CC1Cc2ccccc21. The second-order valence-electron chi connectivity index (χ2n) is 4.56. The second-order valence-corrected chi connectivity index (χ2v) is 4.56. The van der Waals surface area contributed by atoms with Gasteiger partial charge in [-0.3, -0.25) is 0 Å². The molecule has 94 valence electrons. The molecule has 0 saturated heterocycles. The summed E-state index contributed by atoms with van der Waals surface area (Å²) in [6, 6.07) is 8.45. The van der Waals surface area contributed by atoms with Crippen LogP contribution >= 0.6 is 0 Å². The van der Waals surface area contributed by atoms with Gasteiger partial charge in [0, 0.05) is 7.11 Å². The standard InChI is InChI=1S/C14H20O3/c1-16-6-7-17-10-13(15)9-12-8-11-4-2-3-5-14(11)12/h2-5,12-13,15H,6-10H2,1H3. The molecule has 0 bridgehead atoms. The van der Waals surface area contributed by atoms with Gasteiger partial charge in [-0.1, -0.05) is 24.3 Å². The Balaban J connectivity index is 1.69. The van der Waals surface area contributed by atoms with Gasteiger partial charge in [0.25, 0.3) is 0 Å². The number of ether oxygens (including phenoxy) is 2. The number of aliphatic hydroxyl groups excluding tert-OH is 1. The van der Waals surface area contributed by atoms with Crippen LogP contribution in [0.5, 0.6) is 0 Å². The molecule has 1 aromatic rings. The van der Waals surface area contributed by atoms with Crippen LogP contribution in [-0.2, 0) is 15.9 Å². The lowest BCUT2D eigenvalue weighted by Crippen LogP contribution is -2.25. The molecular formula is C14H20O3. The first-order valence-corrected chi connectivity index (χ1v) is 6.14. The number of aliphatic hydroxyl groups is 1. The van der Waals surface area contributed by atoms with Crippen LogP contribution in [0.25, 0.3) is 0 Å². The Bertz CT molecular complexity index is 351. The lowest BCUT2D eigenvalue weighted by Gasteiger charge is -2.31. The zero-order valence-corrected chi connectivity index (χ0v) is 10.3. The summed E-state index contributed by atoms with van der Waals surface area (Å²) >= 11 is 0. The van der Waals surface area contributed by atoms with Crippen molar-refractivity contribution in [1.29, 1.82) is 0 Å². The summed E-state index contributed by atoms with van der Waals surface area (Å²) in [5, 5.41) is 9.84. The van der Waals surface area contributed by atoms with E-state index in [4.69, 9.17) is 9.47 Å². The van der Waals surface area contributed by atoms with E-state index in [1.807, 2.05) is 0 Å². The third-order valence-electron chi connectivity index (χ3n) is 3.26. The molecule has 17 heavy (non-hydrogen) atoms. The minimum Gasteiger partial charge on any atom is -0.391 e. The van der Waals surface area contributed by atoms with Crippen LogP contribution in [0.3, 0.4) is 0 Å². The van der Waals surface area contributed by atoms with Gasteiger partial charge in [-0.25, -0.2) is 0 Å². The lowest BCUT2D eigenvalue weighted by molar-refractivity contribution is 0.00706. The Hall–Kier alpha value is -0.900. The fraction of sp³-hybridized carbons (Fsp3) is 0.571. The Kier molecular flexibility index (Phi) is 4.54. The van der Waals surface area contributed by atoms with Crippen LogP contribution in [0, 0.1) is 0 Å². The van der Waals surface area contributed by atoms with Crippen molar-refractivity contribution < 1.29 is 14.6 Å². The number of benzene rings is 1. The maximum atomic E-state index is 9.84. The van der Waals surface area contributed by atoms with Crippen LogP contribution in [0.15, 0.2) is 24.3 Å². The average molecular weight is 236 g/mol. The Labute approximate surface area is 102 Å². The van der Waals surface area contributed by atoms with Crippen molar-refractivity contribution >= 4 is 0 Å². The van der Waals surface area contributed by atoms with Crippen molar-refractivity contribution in [2.75, 3.05) is 26.9 Å². The highest BCUT2D eigenvalue weighted by Gasteiger charge is 2.27. The second kappa shape index (κ2) is 6.15. The lowest BCUT2D eigenvalue weighted by atomic mass is 9.75. The van der Waals surface area contributed by atoms with Crippen LogP contribution < -0.4 is 0 Å². The molecule has 2 rings (SSSR count). The fourth-order valence-corrected chi connectivity index (χ4v) is 2.33. The minimum absolute atomic E-state index is 0.370. The summed E-state index contributed by atoms with van der Waals surface area (Å²) < 4.78 is 10.2. The van der Waals surface area contributed by atoms with Gasteiger partial charge in [-0.2, -0.15) is 0 Å². The number of hydrogen-bond donors (Lipinski definition) is 1. The third-order valence-corrected chi connectivity index (χ3v) is 3.26. The van der Waals surface area contributed by atoms with Crippen LogP contribution in [0.4, 0.5) is 0 Å². The molecule has 0 fully saturated rings. The van der Waals surface area contributed by atoms with Gasteiger partial charge < -0.3 is 14.6 Å². The van der Waals surface area contributed by atoms with E-state index in [1.165, 1.54) is 11.1 Å². The number of hydrogen-bond acceptors (Lipinski definition) is 3. The molecular weight excluding hydrogens is 216 g/mol. The van der Waals surface area contributed by atoms with Crippen molar-refractivity contribution in [3.63, 3.8) is 0 Å². The van der Waals surface area contributed by atoms with Crippen molar-refractivity contribution in [2.45, 2.75) is 24.9 Å². The molecule has 1 aromatic carbocycles. The average Bonchev–Trinajstić information content (AvgIpc) is 2.32. The van der Waals surface area contributed by atoms with Gasteiger partial charge >= 0.3 is 0 Å². The fourth-order valence-electron chi connectivity index (χ4n) is 2.33. The summed E-state index contributed by atoms with van der Waals surface area (Å²) in [5.41, 5.74) is 2.81. The van der Waals surface area contributed by atoms with Crippen molar-refractivity contribution in [3.05, 3.63) is 35.4 Å². The van der Waals surface area contributed by atoms with Gasteiger partial charge in [0.05, 0.1) is 25.9 Å². The predicted octanol–water partition coefficient (Wildman–Crippen LogP) is 1.74. The highest BCUT2D eigenvalue weighted by Crippen LogP contribution is 2.37. The quantitative estimate of drug-likeness (QED) is 0.733. The molecule has 3 nitrogen and oxygen atoms in total. The smallest absolute Gasteiger partial charge is 0.0779 e. The van der Waals surface area contributed by atoms with E-state index >= 15 is 0 Å². The first-order chi connectivity index (χ1) is 8.31. The van der Waals surface area contributed by atoms with E-state index in [9.17, 15) is 5.11 Å². The van der Waals surface area contributed by atoms with Crippen molar-refractivity contribution in [2.24, 2.45) is 0 Å². The minimum atomic E-state index is -0.370. The highest BCUT2D eigenvalue weighted by molar-refractivity contribution is 5.39. The van der Waals surface area contributed by atoms with Gasteiger partial charge in [0.15, 0.2) is 0 Å². The van der Waals surface area contributed by atoms with E-state index in [2.05, 4.69) is 24.3 Å². The largest absolute Gasteiger partial charge is 0.391 e. The highest BCUT2D eigenvalue weighted by atomic mass is 16.5. The molecule has 0 saturated carbocycles. The molecule has 2 atom stereocenters. The van der Waals surface area contributed by atoms with Crippen LogP contribution in [0.2, 0.25) is 0 Å². The number of fused-ring (bicyclic) bond motifs is 1. The molecule has 1 aliphatic rings. The van der Waals surface area contributed by atoms with Crippen molar-refractivity contribution in [3.8, 4) is 0 Å². The first-order valence-electron chi connectivity index (χ1n) is 6.14. The molecule has 1 aliphatic carbocycles. The number of rotatable bonds is 7. The predicted molar refractivity (Wildman–Crippen MR) is 66.2 cm³/mol. The van der Waals surface area contributed by atoms with Crippen LogP contribution in [0.1, 0.15) is 23.5 Å². The summed E-state index contributed by atoms with van der Waals surface area (Å²) in [6.45, 7) is 1.54. The molecule has 0 radical (unpaired) electrons. The van der Waals surface area contributed by atoms with Gasteiger partial charge in [-0.15, -0.1) is 0 Å². The molecule has 0 aromatic heterocycles. The Morgan fingerprint density at radius 1 is 1.35 bits per heavy atom. The Morgan fingerprint density at radius 3 is 2.94 bits per heavy atom.